The molecule has 1 aromatic carbocycles. The Morgan fingerprint density at radius 3 is 2.58 bits per heavy atom. The van der Waals surface area contributed by atoms with Crippen LogP contribution >= 0.6 is 12.1 Å². The molecule has 0 N–H and O–H groups in total. The SMILES string of the molecule is CCCN(CCC)SN(C)C(=O)Oc1cccc2c1OC(C)(C)C2. The predicted molar refractivity (Wildman–Crippen MR) is 98.4 cm³/mol. The largest absolute Gasteiger partial charge is 0.483 e. The zero-order valence-electron chi connectivity index (χ0n) is 15.3. The van der Waals surface area contributed by atoms with Gasteiger partial charge in [0.05, 0.1) is 0 Å². The molecule has 1 aromatic rings. The summed E-state index contributed by atoms with van der Waals surface area (Å²) in [6, 6.07) is 5.70. The molecule has 1 aliphatic rings. The van der Waals surface area contributed by atoms with Crippen LogP contribution in [0.3, 0.4) is 0 Å². The monoisotopic (exact) mass is 352 g/mol. The van der Waals surface area contributed by atoms with E-state index < -0.39 is 0 Å². The Bertz CT molecular complexity index is 571. The molecule has 0 aliphatic carbocycles. The predicted octanol–water partition coefficient (Wildman–Crippen LogP) is 4.52. The minimum atomic E-state index is -0.390. The molecule has 0 saturated heterocycles. The summed E-state index contributed by atoms with van der Waals surface area (Å²) in [6.45, 7) is 10.2. The summed E-state index contributed by atoms with van der Waals surface area (Å²) >= 11 is 1.41. The number of ether oxygens (including phenoxy) is 2. The first-order valence-electron chi connectivity index (χ1n) is 8.55. The topological polar surface area (TPSA) is 42.0 Å². The number of nitrogens with zero attached hydrogens (tertiary/aromatic N) is 2. The molecule has 0 spiro atoms. The van der Waals surface area contributed by atoms with Crippen molar-refractivity contribution in [2.45, 2.75) is 52.6 Å². The Morgan fingerprint density at radius 2 is 1.96 bits per heavy atom. The van der Waals surface area contributed by atoms with Crippen LogP contribution in [0.15, 0.2) is 18.2 Å². The molecule has 0 unspecified atom stereocenters. The Labute approximate surface area is 149 Å². The molecular weight excluding hydrogens is 324 g/mol. The lowest BCUT2D eigenvalue weighted by Gasteiger charge is -2.25. The van der Waals surface area contributed by atoms with Crippen LogP contribution in [0.25, 0.3) is 0 Å². The van der Waals surface area contributed by atoms with Crippen LogP contribution < -0.4 is 9.47 Å². The number of carbonyl (C=O) groups is 1. The third-order valence-corrected chi connectivity index (χ3v) is 4.68. The molecule has 0 aromatic heterocycles. The second-order valence-electron chi connectivity index (χ2n) is 6.66. The van der Waals surface area contributed by atoms with Crippen molar-refractivity contribution >= 4 is 18.2 Å². The second-order valence-corrected chi connectivity index (χ2v) is 7.89. The van der Waals surface area contributed by atoms with Crippen LogP contribution in [0.1, 0.15) is 46.1 Å². The number of carbonyl (C=O) groups excluding carboxylic acids is 1. The minimum Gasteiger partial charge on any atom is -0.483 e. The molecule has 6 heteroatoms. The Kier molecular flexibility index (Phi) is 6.40. The van der Waals surface area contributed by atoms with Gasteiger partial charge in [0.1, 0.15) is 5.60 Å². The van der Waals surface area contributed by atoms with E-state index in [1.807, 2.05) is 26.0 Å². The van der Waals surface area contributed by atoms with Crippen LogP contribution in [0.4, 0.5) is 4.79 Å². The summed E-state index contributed by atoms with van der Waals surface area (Å²) in [7, 11) is 1.74. The lowest BCUT2D eigenvalue weighted by Crippen LogP contribution is -2.30. The van der Waals surface area contributed by atoms with Gasteiger partial charge in [0.25, 0.3) is 0 Å². The number of para-hydroxylation sites is 1. The van der Waals surface area contributed by atoms with Gasteiger partial charge in [-0.15, -0.1) is 0 Å². The summed E-state index contributed by atoms with van der Waals surface area (Å²) in [5.41, 5.74) is 0.823. The van der Waals surface area contributed by atoms with Gasteiger partial charge in [0.15, 0.2) is 11.5 Å². The maximum atomic E-state index is 12.4. The highest BCUT2D eigenvalue weighted by molar-refractivity contribution is 7.95. The van der Waals surface area contributed by atoms with Crippen molar-refractivity contribution in [1.29, 1.82) is 0 Å². The quantitative estimate of drug-likeness (QED) is 0.675. The summed E-state index contributed by atoms with van der Waals surface area (Å²) in [4.78, 5) is 12.4. The van der Waals surface area contributed by atoms with Crippen molar-refractivity contribution in [2.24, 2.45) is 0 Å². The summed E-state index contributed by atoms with van der Waals surface area (Å²) in [5, 5.41) is 0. The van der Waals surface area contributed by atoms with Crippen LogP contribution in [0.5, 0.6) is 11.5 Å². The van der Waals surface area contributed by atoms with Gasteiger partial charge >= 0.3 is 6.09 Å². The highest BCUT2D eigenvalue weighted by atomic mass is 32.2. The molecule has 1 aliphatic heterocycles. The maximum Gasteiger partial charge on any atom is 0.426 e. The lowest BCUT2D eigenvalue weighted by atomic mass is 10.0. The highest BCUT2D eigenvalue weighted by Gasteiger charge is 2.33. The van der Waals surface area contributed by atoms with Gasteiger partial charge in [-0.25, -0.2) is 13.4 Å². The lowest BCUT2D eigenvalue weighted by molar-refractivity contribution is 0.131. The summed E-state index contributed by atoms with van der Waals surface area (Å²) < 4.78 is 15.2. The molecule has 134 valence electrons. The van der Waals surface area contributed by atoms with Crippen molar-refractivity contribution in [3.8, 4) is 11.5 Å². The molecule has 0 radical (unpaired) electrons. The second kappa shape index (κ2) is 8.12. The molecule has 5 nitrogen and oxygen atoms in total. The Hall–Kier alpha value is -1.40. The zero-order valence-corrected chi connectivity index (χ0v) is 16.1. The number of amides is 1. The Morgan fingerprint density at radius 1 is 1.29 bits per heavy atom. The number of hydrogen-bond donors (Lipinski definition) is 0. The molecule has 0 atom stereocenters. The third kappa shape index (κ3) is 4.80. The van der Waals surface area contributed by atoms with Gasteiger partial charge in [0, 0.05) is 44.3 Å². The molecule has 1 amide bonds. The minimum absolute atomic E-state index is 0.259. The van der Waals surface area contributed by atoms with Crippen molar-refractivity contribution in [3.63, 3.8) is 0 Å². The molecule has 0 bridgehead atoms. The average Bonchev–Trinajstić information content (AvgIpc) is 2.82. The fourth-order valence-electron chi connectivity index (χ4n) is 2.72. The van der Waals surface area contributed by atoms with E-state index >= 15 is 0 Å². The van der Waals surface area contributed by atoms with Gasteiger partial charge < -0.3 is 9.47 Å². The summed E-state index contributed by atoms with van der Waals surface area (Å²) in [6.07, 6.45) is 2.52. The van der Waals surface area contributed by atoms with Gasteiger partial charge in [-0.3, -0.25) is 0 Å². The van der Waals surface area contributed by atoms with Crippen molar-refractivity contribution in [3.05, 3.63) is 23.8 Å². The molecule has 2 rings (SSSR count). The maximum absolute atomic E-state index is 12.4. The van der Waals surface area contributed by atoms with Crippen molar-refractivity contribution in [1.82, 2.24) is 8.61 Å². The number of hydrogen-bond acceptors (Lipinski definition) is 5. The molecule has 1 heterocycles. The van der Waals surface area contributed by atoms with E-state index in [9.17, 15) is 4.79 Å². The van der Waals surface area contributed by atoms with Crippen LogP contribution in [0.2, 0.25) is 0 Å². The normalized spacial score (nSPS) is 15.1. The van der Waals surface area contributed by atoms with Gasteiger partial charge in [-0.05, 0) is 32.8 Å². The summed E-state index contributed by atoms with van der Waals surface area (Å²) in [5.74, 6) is 1.18. The number of rotatable bonds is 7. The van der Waals surface area contributed by atoms with E-state index in [0.29, 0.717) is 11.5 Å². The fourth-order valence-corrected chi connectivity index (χ4v) is 3.70. The van der Waals surface area contributed by atoms with E-state index in [1.54, 1.807) is 13.1 Å². The zero-order chi connectivity index (χ0) is 17.7. The van der Waals surface area contributed by atoms with Gasteiger partial charge in [-0.2, -0.15) is 0 Å². The Balaban J connectivity index is 2.01. The van der Waals surface area contributed by atoms with E-state index in [1.165, 1.54) is 16.4 Å². The highest BCUT2D eigenvalue weighted by Crippen LogP contribution is 2.42. The molecule has 0 fully saturated rings. The van der Waals surface area contributed by atoms with Crippen molar-refractivity contribution in [2.75, 3.05) is 20.1 Å². The van der Waals surface area contributed by atoms with Gasteiger partial charge in [-0.1, -0.05) is 26.0 Å². The van der Waals surface area contributed by atoms with E-state index in [-0.39, 0.29) is 11.7 Å². The van der Waals surface area contributed by atoms with E-state index in [0.717, 1.165) is 37.9 Å². The van der Waals surface area contributed by atoms with Gasteiger partial charge in [0.2, 0.25) is 0 Å². The van der Waals surface area contributed by atoms with E-state index in [4.69, 9.17) is 9.47 Å². The first-order valence-corrected chi connectivity index (χ1v) is 9.28. The standard InChI is InChI=1S/C18H28N2O3S/c1-6-11-20(12-7-2)24-19(5)17(21)22-15-10-8-9-14-13-18(3,4)23-16(14)15/h8-10H,6-7,11-13H2,1-5H3. The van der Waals surface area contributed by atoms with Crippen LogP contribution in [0, 0.1) is 0 Å². The van der Waals surface area contributed by atoms with Crippen molar-refractivity contribution < 1.29 is 14.3 Å². The molecule has 24 heavy (non-hydrogen) atoms. The van der Waals surface area contributed by atoms with E-state index in [2.05, 4.69) is 18.2 Å². The smallest absolute Gasteiger partial charge is 0.426 e. The first-order chi connectivity index (χ1) is 11.4. The average molecular weight is 353 g/mol. The van der Waals surface area contributed by atoms with Crippen LogP contribution in [-0.4, -0.2) is 40.4 Å². The van der Waals surface area contributed by atoms with Crippen LogP contribution in [-0.2, 0) is 6.42 Å². The molecule has 0 saturated carbocycles. The first kappa shape index (κ1) is 18.9. The number of fused-ring (bicyclic) bond motifs is 1. The number of benzene rings is 1. The fraction of sp³-hybridized carbons (Fsp3) is 0.611. The third-order valence-electron chi connectivity index (χ3n) is 3.69. The molecular formula is C18H28N2O3S.